The van der Waals surface area contributed by atoms with E-state index in [0.717, 1.165) is 0 Å². The van der Waals surface area contributed by atoms with Crippen LogP contribution in [0.25, 0.3) is 0 Å². The van der Waals surface area contributed by atoms with Crippen LogP contribution in [0.5, 0.6) is 5.75 Å². The first-order valence-electron chi connectivity index (χ1n) is 6.02. The fraction of sp³-hybridized carbons (Fsp3) is 0.385. The average molecular weight is 299 g/mol. The van der Waals surface area contributed by atoms with Crippen molar-refractivity contribution in [1.29, 1.82) is 0 Å². The number of rotatable bonds is 3. The highest BCUT2D eigenvalue weighted by Gasteiger charge is 2.11. The SMILES string of the molecule is CC(C)(C)NC(=S)NNC(=O)COc1ccccc1F. The minimum Gasteiger partial charge on any atom is -0.481 e. The van der Waals surface area contributed by atoms with Gasteiger partial charge < -0.3 is 10.1 Å². The van der Waals surface area contributed by atoms with E-state index in [0.29, 0.717) is 0 Å². The Bertz CT molecular complexity index is 489. The van der Waals surface area contributed by atoms with Crippen LogP contribution < -0.4 is 20.9 Å². The van der Waals surface area contributed by atoms with Crippen LogP contribution in [0, 0.1) is 5.82 Å². The van der Waals surface area contributed by atoms with E-state index in [1.807, 2.05) is 20.8 Å². The maximum atomic E-state index is 13.2. The van der Waals surface area contributed by atoms with Crippen molar-refractivity contribution in [3.63, 3.8) is 0 Å². The van der Waals surface area contributed by atoms with Crippen molar-refractivity contribution in [3.8, 4) is 5.75 Å². The molecule has 5 nitrogen and oxygen atoms in total. The highest BCUT2D eigenvalue weighted by molar-refractivity contribution is 7.80. The topological polar surface area (TPSA) is 62.4 Å². The molecule has 0 atom stereocenters. The second-order valence-corrected chi connectivity index (χ2v) is 5.50. The van der Waals surface area contributed by atoms with Crippen LogP contribution in [0.4, 0.5) is 4.39 Å². The van der Waals surface area contributed by atoms with E-state index in [-0.39, 0.29) is 23.0 Å². The fourth-order valence-corrected chi connectivity index (χ4v) is 1.60. The lowest BCUT2D eigenvalue weighted by Crippen LogP contribution is -2.53. The molecule has 0 aliphatic heterocycles. The van der Waals surface area contributed by atoms with Crippen LogP contribution in [0.1, 0.15) is 20.8 Å². The Hall–Kier alpha value is -1.89. The predicted octanol–water partition coefficient (Wildman–Crippen LogP) is 1.50. The Morgan fingerprint density at radius 3 is 2.55 bits per heavy atom. The van der Waals surface area contributed by atoms with Crippen LogP contribution in [0.15, 0.2) is 24.3 Å². The second-order valence-electron chi connectivity index (χ2n) is 5.10. The summed E-state index contributed by atoms with van der Waals surface area (Å²) in [5.41, 5.74) is 4.68. The summed E-state index contributed by atoms with van der Waals surface area (Å²) in [6, 6.07) is 5.87. The van der Waals surface area contributed by atoms with Gasteiger partial charge in [-0.1, -0.05) is 12.1 Å². The molecule has 0 bridgehead atoms. The van der Waals surface area contributed by atoms with Crippen molar-refractivity contribution in [2.75, 3.05) is 6.61 Å². The van der Waals surface area contributed by atoms with E-state index in [2.05, 4.69) is 16.2 Å². The highest BCUT2D eigenvalue weighted by atomic mass is 32.1. The Morgan fingerprint density at radius 1 is 1.30 bits per heavy atom. The summed E-state index contributed by atoms with van der Waals surface area (Å²) in [6.45, 7) is 5.49. The van der Waals surface area contributed by atoms with Crippen LogP contribution in [-0.4, -0.2) is 23.2 Å². The number of thiocarbonyl (C=S) groups is 1. The molecule has 7 heteroatoms. The summed E-state index contributed by atoms with van der Waals surface area (Å²) in [7, 11) is 0. The fourth-order valence-electron chi connectivity index (χ4n) is 1.24. The van der Waals surface area contributed by atoms with Gasteiger partial charge in [-0.15, -0.1) is 0 Å². The minimum absolute atomic E-state index is 0.0260. The summed E-state index contributed by atoms with van der Waals surface area (Å²) >= 11 is 4.98. The van der Waals surface area contributed by atoms with E-state index in [4.69, 9.17) is 17.0 Å². The van der Waals surface area contributed by atoms with Crippen molar-refractivity contribution >= 4 is 23.2 Å². The summed E-state index contributed by atoms with van der Waals surface area (Å²) in [6.07, 6.45) is 0. The van der Waals surface area contributed by atoms with Gasteiger partial charge in [0.15, 0.2) is 23.3 Å². The number of amides is 1. The standard InChI is InChI=1S/C13H18FN3O2S/c1-13(2,3)15-12(20)17-16-11(18)8-19-10-7-5-4-6-9(10)14/h4-7H,8H2,1-3H3,(H,16,18)(H2,15,17,20). The lowest BCUT2D eigenvalue weighted by Gasteiger charge is -2.23. The lowest BCUT2D eigenvalue weighted by atomic mass is 10.1. The van der Waals surface area contributed by atoms with E-state index < -0.39 is 11.7 Å². The molecule has 1 aromatic carbocycles. The highest BCUT2D eigenvalue weighted by Crippen LogP contribution is 2.14. The van der Waals surface area contributed by atoms with E-state index in [1.54, 1.807) is 12.1 Å². The molecule has 3 N–H and O–H groups in total. The number of hydrogen-bond acceptors (Lipinski definition) is 3. The van der Waals surface area contributed by atoms with Gasteiger partial charge in [0, 0.05) is 5.54 Å². The number of ether oxygens (including phenoxy) is 1. The first-order valence-corrected chi connectivity index (χ1v) is 6.43. The zero-order chi connectivity index (χ0) is 15.2. The number of hydrogen-bond donors (Lipinski definition) is 3. The molecule has 0 aliphatic carbocycles. The molecule has 0 heterocycles. The predicted molar refractivity (Wildman–Crippen MR) is 78.7 cm³/mol. The largest absolute Gasteiger partial charge is 0.481 e. The van der Waals surface area contributed by atoms with Gasteiger partial charge in [0.05, 0.1) is 0 Å². The molecule has 0 aromatic heterocycles. The van der Waals surface area contributed by atoms with Crippen molar-refractivity contribution in [3.05, 3.63) is 30.1 Å². The molecular formula is C13H18FN3O2S. The van der Waals surface area contributed by atoms with Gasteiger partial charge in [-0.3, -0.25) is 15.6 Å². The molecule has 110 valence electrons. The van der Waals surface area contributed by atoms with Gasteiger partial charge in [0.2, 0.25) is 0 Å². The Balaban J connectivity index is 2.31. The van der Waals surface area contributed by atoms with E-state index in [9.17, 15) is 9.18 Å². The number of halogens is 1. The molecule has 0 saturated heterocycles. The van der Waals surface area contributed by atoms with E-state index in [1.165, 1.54) is 12.1 Å². The van der Waals surface area contributed by atoms with Crippen molar-refractivity contribution in [1.82, 2.24) is 16.2 Å². The molecule has 0 aliphatic rings. The molecular weight excluding hydrogens is 281 g/mol. The summed E-state index contributed by atoms with van der Waals surface area (Å²) < 4.78 is 18.3. The Kier molecular flexibility index (Phi) is 5.69. The molecule has 0 fully saturated rings. The zero-order valence-corrected chi connectivity index (χ0v) is 12.4. The first kappa shape index (κ1) is 16.2. The van der Waals surface area contributed by atoms with Crippen LogP contribution in [0.2, 0.25) is 0 Å². The van der Waals surface area contributed by atoms with Gasteiger partial charge in [-0.25, -0.2) is 4.39 Å². The molecule has 20 heavy (non-hydrogen) atoms. The lowest BCUT2D eigenvalue weighted by molar-refractivity contribution is -0.123. The second kappa shape index (κ2) is 7.04. The quantitative estimate of drug-likeness (QED) is 0.583. The van der Waals surface area contributed by atoms with Crippen LogP contribution >= 0.6 is 12.2 Å². The van der Waals surface area contributed by atoms with E-state index >= 15 is 0 Å². The molecule has 0 unspecified atom stereocenters. The van der Waals surface area contributed by atoms with Crippen molar-refractivity contribution in [2.45, 2.75) is 26.3 Å². The number of carbonyl (C=O) groups is 1. The number of nitrogens with one attached hydrogen (secondary N) is 3. The first-order chi connectivity index (χ1) is 9.28. The number of benzene rings is 1. The summed E-state index contributed by atoms with van der Waals surface area (Å²) in [5.74, 6) is -0.956. The van der Waals surface area contributed by atoms with Gasteiger partial charge in [-0.05, 0) is 45.1 Å². The molecule has 0 saturated carbocycles. The smallest absolute Gasteiger partial charge is 0.276 e. The van der Waals surface area contributed by atoms with Crippen molar-refractivity contribution in [2.24, 2.45) is 0 Å². The number of para-hydroxylation sites is 1. The maximum absolute atomic E-state index is 13.2. The van der Waals surface area contributed by atoms with Gasteiger partial charge in [-0.2, -0.15) is 0 Å². The minimum atomic E-state index is -0.516. The normalized spacial score (nSPS) is 10.6. The molecule has 0 spiro atoms. The molecule has 1 rings (SSSR count). The summed E-state index contributed by atoms with van der Waals surface area (Å²) in [5, 5.41) is 3.25. The third kappa shape index (κ3) is 6.33. The molecule has 1 amide bonds. The van der Waals surface area contributed by atoms with Crippen LogP contribution in [0.3, 0.4) is 0 Å². The Morgan fingerprint density at radius 2 is 1.95 bits per heavy atom. The third-order valence-corrected chi connectivity index (χ3v) is 2.20. The van der Waals surface area contributed by atoms with Crippen LogP contribution in [-0.2, 0) is 4.79 Å². The van der Waals surface area contributed by atoms with Gasteiger partial charge >= 0.3 is 0 Å². The monoisotopic (exact) mass is 299 g/mol. The molecule has 1 aromatic rings. The van der Waals surface area contributed by atoms with Gasteiger partial charge in [0.1, 0.15) is 0 Å². The molecule has 0 radical (unpaired) electrons. The van der Waals surface area contributed by atoms with Gasteiger partial charge in [0.25, 0.3) is 5.91 Å². The number of hydrazine groups is 1. The van der Waals surface area contributed by atoms with Crippen molar-refractivity contribution < 1.29 is 13.9 Å². The maximum Gasteiger partial charge on any atom is 0.276 e. The summed E-state index contributed by atoms with van der Waals surface area (Å²) in [4.78, 5) is 11.5. The average Bonchev–Trinajstić information content (AvgIpc) is 2.33. The number of carbonyl (C=O) groups excluding carboxylic acids is 1. The zero-order valence-electron chi connectivity index (χ0n) is 11.6. The third-order valence-electron chi connectivity index (χ3n) is 2.00. The Labute approximate surface area is 122 Å².